The molecule has 5 heteroatoms. The lowest BCUT2D eigenvalue weighted by atomic mass is 9.83. The van der Waals surface area contributed by atoms with Crippen molar-refractivity contribution in [3.05, 3.63) is 27.2 Å². The van der Waals surface area contributed by atoms with Crippen LogP contribution in [0.4, 0.5) is 0 Å². The number of aromatic hydroxyl groups is 1. The van der Waals surface area contributed by atoms with Gasteiger partial charge >= 0.3 is 0 Å². The van der Waals surface area contributed by atoms with Gasteiger partial charge in [0.2, 0.25) is 0 Å². The molecule has 0 bridgehead atoms. The van der Waals surface area contributed by atoms with Gasteiger partial charge in [-0.05, 0) is 49.8 Å². The minimum atomic E-state index is 0.276. The van der Waals surface area contributed by atoms with Gasteiger partial charge in [-0.15, -0.1) is 0 Å². The quantitative estimate of drug-likeness (QED) is 0.842. The summed E-state index contributed by atoms with van der Waals surface area (Å²) < 4.78 is 6.70. The Hall–Kier alpha value is -0.620. The molecule has 3 rings (SSSR count). The Labute approximate surface area is 147 Å². The first-order chi connectivity index (χ1) is 11.1. The molecule has 0 spiro atoms. The Morgan fingerprint density at radius 2 is 1.91 bits per heavy atom. The molecule has 4 nitrogen and oxygen atoms in total. The van der Waals surface area contributed by atoms with Crippen LogP contribution in [-0.4, -0.2) is 49.4 Å². The van der Waals surface area contributed by atoms with Crippen LogP contribution in [0.2, 0.25) is 0 Å². The fraction of sp³-hybridized carbons (Fsp3) is 0.667. The van der Waals surface area contributed by atoms with Crippen LogP contribution < -0.4 is 5.32 Å². The molecule has 2 aliphatic rings. The molecule has 1 aromatic carbocycles. The molecule has 2 N–H and O–H groups in total. The van der Waals surface area contributed by atoms with E-state index in [9.17, 15) is 5.11 Å². The lowest BCUT2D eigenvalue weighted by molar-refractivity contribution is 0.0204. The van der Waals surface area contributed by atoms with Gasteiger partial charge in [-0.3, -0.25) is 4.90 Å². The zero-order valence-electron chi connectivity index (χ0n) is 14.1. The summed E-state index contributed by atoms with van der Waals surface area (Å²) in [4.78, 5) is 2.55. The maximum atomic E-state index is 10.7. The highest BCUT2D eigenvalue weighted by Crippen LogP contribution is 2.43. The average molecular weight is 383 g/mol. The van der Waals surface area contributed by atoms with Crippen molar-refractivity contribution >= 4 is 15.9 Å². The summed E-state index contributed by atoms with van der Waals surface area (Å²) in [5.74, 6) is 0.985. The number of rotatable bonds is 3. The second-order valence-corrected chi connectivity index (χ2v) is 7.54. The van der Waals surface area contributed by atoms with Crippen molar-refractivity contribution in [3.8, 4) is 5.75 Å². The highest BCUT2D eigenvalue weighted by molar-refractivity contribution is 9.10. The number of benzene rings is 1. The van der Waals surface area contributed by atoms with Crippen LogP contribution in [0.15, 0.2) is 10.5 Å². The molecule has 128 valence electrons. The van der Waals surface area contributed by atoms with Crippen molar-refractivity contribution in [1.82, 2.24) is 10.2 Å². The number of aryl methyl sites for hydroxylation is 1. The van der Waals surface area contributed by atoms with E-state index in [1.807, 2.05) is 13.0 Å². The van der Waals surface area contributed by atoms with E-state index in [4.69, 9.17) is 4.74 Å². The van der Waals surface area contributed by atoms with E-state index in [2.05, 4.69) is 33.1 Å². The van der Waals surface area contributed by atoms with Crippen LogP contribution in [0, 0.1) is 19.8 Å². The maximum Gasteiger partial charge on any atom is 0.120 e. The lowest BCUT2D eigenvalue weighted by Gasteiger charge is -2.42. The highest BCUT2D eigenvalue weighted by Gasteiger charge is 2.34. The van der Waals surface area contributed by atoms with Crippen molar-refractivity contribution in [1.29, 1.82) is 0 Å². The van der Waals surface area contributed by atoms with Crippen molar-refractivity contribution in [3.63, 3.8) is 0 Å². The molecule has 1 aromatic rings. The molecule has 23 heavy (non-hydrogen) atoms. The van der Waals surface area contributed by atoms with Crippen molar-refractivity contribution in [2.75, 3.05) is 39.4 Å². The van der Waals surface area contributed by atoms with Gasteiger partial charge in [-0.1, -0.05) is 15.9 Å². The number of piperazine rings is 1. The fourth-order valence-corrected chi connectivity index (χ4v) is 4.36. The monoisotopic (exact) mass is 382 g/mol. The predicted molar refractivity (Wildman–Crippen MR) is 96.0 cm³/mol. The molecule has 0 amide bonds. The predicted octanol–water partition coefficient (Wildman–Crippen LogP) is 3.14. The lowest BCUT2D eigenvalue weighted by Crippen LogP contribution is -2.47. The molecule has 2 fully saturated rings. The number of halogens is 1. The third kappa shape index (κ3) is 3.58. The number of nitrogens with one attached hydrogen (secondary N) is 1. The Morgan fingerprint density at radius 1 is 1.26 bits per heavy atom. The van der Waals surface area contributed by atoms with Gasteiger partial charge in [0.15, 0.2) is 0 Å². The zero-order chi connectivity index (χ0) is 16.4. The number of nitrogens with zero attached hydrogens (tertiary/aromatic N) is 1. The van der Waals surface area contributed by atoms with Gasteiger partial charge in [0.05, 0.1) is 0 Å². The number of phenolic OH excluding ortho intramolecular Hbond substituents is 1. The Kier molecular flexibility index (Phi) is 5.62. The summed E-state index contributed by atoms with van der Waals surface area (Å²) >= 11 is 3.71. The largest absolute Gasteiger partial charge is 0.508 e. The Balaban J connectivity index is 2.02. The molecule has 0 aliphatic carbocycles. The van der Waals surface area contributed by atoms with Crippen molar-refractivity contribution in [2.24, 2.45) is 5.92 Å². The molecule has 0 unspecified atom stereocenters. The summed E-state index contributed by atoms with van der Waals surface area (Å²) in [6.07, 6.45) is 2.14. The van der Waals surface area contributed by atoms with Crippen LogP contribution in [0.3, 0.4) is 0 Å². The molecule has 0 saturated carbocycles. The van der Waals surface area contributed by atoms with E-state index in [0.29, 0.717) is 11.7 Å². The Morgan fingerprint density at radius 3 is 2.57 bits per heavy atom. The minimum Gasteiger partial charge on any atom is -0.508 e. The van der Waals surface area contributed by atoms with E-state index >= 15 is 0 Å². The molecule has 0 radical (unpaired) electrons. The van der Waals surface area contributed by atoms with E-state index in [-0.39, 0.29) is 6.04 Å². The van der Waals surface area contributed by atoms with Crippen LogP contribution in [0.5, 0.6) is 5.75 Å². The van der Waals surface area contributed by atoms with Gasteiger partial charge < -0.3 is 15.2 Å². The summed E-state index contributed by atoms with van der Waals surface area (Å²) in [5, 5.41) is 14.2. The first-order valence-corrected chi connectivity index (χ1v) is 9.40. The van der Waals surface area contributed by atoms with Gasteiger partial charge in [-0.2, -0.15) is 0 Å². The van der Waals surface area contributed by atoms with Gasteiger partial charge in [0.1, 0.15) is 5.75 Å². The summed E-state index contributed by atoms with van der Waals surface area (Å²) in [7, 11) is 0. The number of phenols is 1. The second kappa shape index (κ2) is 7.51. The first-order valence-electron chi connectivity index (χ1n) is 8.60. The zero-order valence-corrected chi connectivity index (χ0v) is 15.7. The van der Waals surface area contributed by atoms with Gasteiger partial charge in [0.25, 0.3) is 0 Å². The molecular formula is C18H27BrN2O2. The normalized spacial score (nSPS) is 22.2. The standard InChI is InChI=1S/C18H27BrN2O2/c1-12-11-15(22)16(13(2)17(12)19)18(14-3-9-23-10-4-14)21-7-5-20-6-8-21/h11,14,18,20,22H,3-10H2,1-2H3/t18-/m1/s1. The summed E-state index contributed by atoms with van der Waals surface area (Å²) in [6, 6.07) is 2.18. The Bertz CT molecular complexity index is 534. The molecule has 2 heterocycles. The SMILES string of the molecule is Cc1cc(O)c([C@@H](C2CCOCC2)N2CCNCC2)c(C)c1Br. The second-order valence-electron chi connectivity index (χ2n) is 6.75. The van der Waals surface area contributed by atoms with Crippen LogP contribution in [0.25, 0.3) is 0 Å². The third-order valence-corrected chi connectivity index (χ3v) is 6.48. The topological polar surface area (TPSA) is 44.7 Å². The number of hydrogen-bond acceptors (Lipinski definition) is 4. The van der Waals surface area contributed by atoms with Gasteiger partial charge in [-0.25, -0.2) is 0 Å². The average Bonchev–Trinajstić information content (AvgIpc) is 2.58. The fourth-order valence-electron chi connectivity index (χ4n) is 4.03. The van der Waals surface area contributed by atoms with E-state index in [1.165, 1.54) is 5.56 Å². The van der Waals surface area contributed by atoms with Crippen LogP contribution in [-0.2, 0) is 4.74 Å². The van der Waals surface area contributed by atoms with Crippen LogP contribution in [0.1, 0.15) is 35.6 Å². The smallest absolute Gasteiger partial charge is 0.120 e. The van der Waals surface area contributed by atoms with E-state index < -0.39 is 0 Å². The number of ether oxygens (including phenoxy) is 1. The maximum absolute atomic E-state index is 10.7. The van der Waals surface area contributed by atoms with Gasteiger partial charge in [0, 0.05) is 55.5 Å². The molecule has 0 aromatic heterocycles. The molecule has 2 saturated heterocycles. The molecule has 1 atom stereocenters. The summed E-state index contributed by atoms with van der Waals surface area (Å²) in [5.41, 5.74) is 3.38. The highest BCUT2D eigenvalue weighted by atomic mass is 79.9. The van der Waals surface area contributed by atoms with Crippen LogP contribution >= 0.6 is 15.9 Å². The summed E-state index contributed by atoms with van der Waals surface area (Å²) in [6.45, 7) is 9.94. The number of hydrogen-bond donors (Lipinski definition) is 2. The third-order valence-electron chi connectivity index (χ3n) is 5.26. The van der Waals surface area contributed by atoms with E-state index in [1.54, 1.807) is 0 Å². The van der Waals surface area contributed by atoms with Crippen molar-refractivity contribution < 1.29 is 9.84 Å². The first kappa shape index (κ1) is 17.2. The minimum absolute atomic E-state index is 0.276. The molecular weight excluding hydrogens is 356 g/mol. The van der Waals surface area contributed by atoms with Crippen molar-refractivity contribution in [2.45, 2.75) is 32.7 Å². The molecule has 2 aliphatic heterocycles. The van der Waals surface area contributed by atoms with E-state index in [0.717, 1.165) is 67.8 Å².